The molecule has 0 aromatic rings. The molecule has 0 aromatic carbocycles. The Labute approximate surface area is 80.7 Å². The van der Waals surface area contributed by atoms with Crippen LogP contribution in [0, 0.1) is 6.42 Å². The second-order valence-corrected chi connectivity index (χ2v) is 2.76. The van der Waals surface area contributed by atoms with Crippen LogP contribution in [0.3, 0.4) is 0 Å². The lowest BCUT2D eigenvalue weighted by molar-refractivity contribution is 1.37. The first kappa shape index (κ1) is 9.79. The number of allylic oxidation sites excluding steroid dienone is 10. The van der Waals surface area contributed by atoms with Crippen LogP contribution < -0.4 is 0 Å². The van der Waals surface area contributed by atoms with E-state index in [4.69, 9.17) is 0 Å². The Bertz CT molecular complexity index is 223. The highest BCUT2D eigenvalue weighted by molar-refractivity contribution is 5.16. The standard InChI is InChI=1S/C13H15/c1-2-4-6-8-10-12-13-11-9-7-5-3-1/h1-6,9-13H,7-8H2/b2-1-,5-3+,6-4+,11-9+,12-10+. The maximum Gasteiger partial charge on any atom is 0.00443 e. The summed E-state index contributed by atoms with van der Waals surface area (Å²) < 4.78 is 0. The highest BCUT2D eigenvalue weighted by Gasteiger charge is 1.74. The molecule has 0 aliphatic heterocycles. The summed E-state index contributed by atoms with van der Waals surface area (Å²) in [5, 5.41) is 0. The Morgan fingerprint density at radius 2 is 0.923 bits per heavy atom. The van der Waals surface area contributed by atoms with E-state index in [1.165, 1.54) is 0 Å². The quantitative estimate of drug-likeness (QED) is 0.520. The second-order valence-electron chi connectivity index (χ2n) is 2.76. The van der Waals surface area contributed by atoms with Crippen molar-refractivity contribution >= 4 is 0 Å². The molecule has 0 nitrogen and oxygen atoms in total. The molecular formula is C13H15. The van der Waals surface area contributed by atoms with Crippen LogP contribution in [0.1, 0.15) is 12.8 Å². The minimum Gasteiger partial charge on any atom is -0.0841 e. The van der Waals surface area contributed by atoms with Gasteiger partial charge in [0.25, 0.3) is 0 Å². The van der Waals surface area contributed by atoms with Gasteiger partial charge in [-0.3, -0.25) is 0 Å². The lowest BCUT2D eigenvalue weighted by Gasteiger charge is -1.81. The smallest absolute Gasteiger partial charge is 0.00443 e. The van der Waals surface area contributed by atoms with E-state index in [1.54, 1.807) is 0 Å². The first-order valence-corrected chi connectivity index (χ1v) is 4.63. The van der Waals surface area contributed by atoms with Gasteiger partial charge in [-0.2, -0.15) is 0 Å². The molecule has 1 radical (unpaired) electrons. The molecule has 13 heavy (non-hydrogen) atoms. The van der Waals surface area contributed by atoms with Crippen molar-refractivity contribution < 1.29 is 0 Å². The van der Waals surface area contributed by atoms with Gasteiger partial charge in [-0.1, -0.05) is 60.8 Å². The molecule has 0 unspecified atom stereocenters. The molecule has 0 atom stereocenters. The van der Waals surface area contributed by atoms with E-state index in [9.17, 15) is 0 Å². The number of hydrogen-bond donors (Lipinski definition) is 0. The zero-order chi connectivity index (χ0) is 9.19. The third-order valence-corrected chi connectivity index (χ3v) is 1.64. The predicted octanol–water partition coefficient (Wildman–Crippen LogP) is 3.77. The van der Waals surface area contributed by atoms with Crippen molar-refractivity contribution in [1.29, 1.82) is 0 Å². The van der Waals surface area contributed by atoms with Crippen molar-refractivity contribution in [3.8, 4) is 0 Å². The van der Waals surface area contributed by atoms with Crippen LogP contribution in [0.5, 0.6) is 0 Å². The summed E-state index contributed by atoms with van der Waals surface area (Å²) in [6.07, 6.45) is 25.0. The Hall–Kier alpha value is -1.30. The third-order valence-electron chi connectivity index (χ3n) is 1.64. The molecule has 0 bridgehead atoms. The minimum absolute atomic E-state index is 0.998. The minimum atomic E-state index is 0.998. The Morgan fingerprint density at radius 1 is 0.462 bits per heavy atom. The molecule has 0 saturated carbocycles. The van der Waals surface area contributed by atoms with Gasteiger partial charge in [-0.05, 0) is 12.8 Å². The van der Waals surface area contributed by atoms with Crippen LogP contribution in [0.4, 0.5) is 0 Å². The summed E-state index contributed by atoms with van der Waals surface area (Å²) >= 11 is 0. The Morgan fingerprint density at radius 3 is 1.46 bits per heavy atom. The van der Waals surface area contributed by atoms with Crippen molar-refractivity contribution in [1.82, 2.24) is 0 Å². The zero-order valence-corrected chi connectivity index (χ0v) is 7.77. The van der Waals surface area contributed by atoms with Gasteiger partial charge >= 0.3 is 0 Å². The highest BCUT2D eigenvalue weighted by atomic mass is 13.8. The summed E-state index contributed by atoms with van der Waals surface area (Å²) in [6, 6.07) is 0. The van der Waals surface area contributed by atoms with E-state index in [0.717, 1.165) is 12.8 Å². The molecule has 0 fully saturated rings. The molecule has 67 valence electrons. The molecule has 1 rings (SSSR count). The fraction of sp³-hybridized carbons (Fsp3) is 0.154. The van der Waals surface area contributed by atoms with Gasteiger partial charge in [0.1, 0.15) is 0 Å². The average molecular weight is 171 g/mol. The summed E-state index contributed by atoms with van der Waals surface area (Å²) in [4.78, 5) is 0. The Balaban J connectivity index is 2.49. The molecule has 0 aromatic heterocycles. The van der Waals surface area contributed by atoms with Crippen molar-refractivity contribution in [3.63, 3.8) is 0 Å². The van der Waals surface area contributed by atoms with E-state index in [2.05, 4.69) is 67.2 Å². The molecule has 0 spiro atoms. The van der Waals surface area contributed by atoms with Gasteiger partial charge in [0.2, 0.25) is 0 Å². The first-order chi connectivity index (χ1) is 6.50. The van der Waals surface area contributed by atoms with Gasteiger partial charge in [0.15, 0.2) is 0 Å². The molecule has 0 amide bonds. The molecular weight excluding hydrogens is 156 g/mol. The van der Waals surface area contributed by atoms with Gasteiger partial charge < -0.3 is 0 Å². The Kier molecular flexibility index (Phi) is 5.54. The predicted molar refractivity (Wildman–Crippen MR) is 59.2 cm³/mol. The zero-order valence-electron chi connectivity index (χ0n) is 7.77. The SMILES string of the molecule is [CH]1/C=C/C/C=C/C=C\C=C\C/C=C/1. The lowest BCUT2D eigenvalue weighted by atomic mass is 10.3. The fourth-order valence-corrected chi connectivity index (χ4v) is 0.978. The van der Waals surface area contributed by atoms with Crippen LogP contribution in [0.25, 0.3) is 0 Å². The summed E-state index contributed by atoms with van der Waals surface area (Å²) in [5.41, 5.74) is 0. The van der Waals surface area contributed by atoms with E-state index >= 15 is 0 Å². The second kappa shape index (κ2) is 7.35. The van der Waals surface area contributed by atoms with Gasteiger partial charge in [-0.25, -0.2) is 0 Å². The fourth-order valence-electron chi connectivity index (χ4n) is 0.978. The van der Waals surface area contributed by atoms with E-state index in [-0.39, 0.29) is 0 Å². The normalized spacial score (nSPS) is 30.2. The molecule has 0 N–H and O–H groups in total. The number of hydrogen-bond acceptors (Lipinski definition) is 0. The van der Waals surface area contributed by atoms with Gasteiger partial charge in [0.05, 0.1) is 0 Å². The molecule has 1 aliphatic carbocycles. The maximum atomic E-state index is 2.14. The van der Waals surface area contributed by atoms with Crippen LogP contribution in [-0.2, 0) is 0 Å². The summed E-state index contributed by atoms with van der Waals surface area (Å²) in [5.74, 6) is 0. The molecule has 0 saturated heterocycles. The van der Waals surface area contributed by atoms with Gasteiger partial charge in [0, 0.05) is 6.42 Å². The van der Waals surface area contributed by atoms with E-state index < -0.39 is 0 Å². The van der Waals surface area contributed by atoms with E-state index in [0.29, 0.717) is 0 Å². The van der Waals surface area contributed by atoms with Crippen molar-refractivity contribution in [3.05, 3.63) is 67.2 Å². The van der Waals surface area contributed by atoms with Crippen molar-refractivity contribution in [2.75, 3.05) is 0 Å². The molecule has 0 heterocycles. The monoisotopic (exact) mass is 171 g/mol. The van der Waals surface area contributed by atoms with Gasteiger partial charge in [-0.15, -0.1) is 0 Å². The summed E-state index contributed by atoms with van der Waals surface area (Å²) in [6.45, 7) is 0. The van der Waals surface area contributed by atoms with Crippen LogP contribution in [0.2, 0.25) is 0 Å². The topological polar surface area (TPSA) is 0 Å². The number of rotatable bonds is 0. The van der Waals surface area contributed by atoms with Crippen LogP contribution >= 0.6 is 0 Å². The van der Waals surface area contributed by atoms with Crippen molar-refractivity contribution in [2.24, 2.45) is 0 Å². The van der Waals surface area contributed by atoms with Crippen molar-refractivity contribution in [2.45, 2.75) is 12.8 Å². The highest BCUT2D eigenvalue weighted by Crippen LogP contribution is 1.94. The maximum absolute atomic E-state index is 2.14. The molecule has 0 heteroatoms. The summed E-state index contributed by atoms with van der Waals surface area (Å²) in [7, 11) is 0. The van der Waals surface area contributed by atoms with E-state index in [1.807, 2.05) is 0 Å². The average Bonchev–Trinajstić information content (AvgIpc) is 2.18. The molecule has 1 aliphatic rings. The van der Waals surface area contributed by atoms with Crippen LogP contribution in [0.15, 0.2) is 60.8 Å². The largest absolute Gasteiger partial charge is 0.0841 e. The first-order valence-electron chi connectivity index (χ1n) is 4.63. The third kappa shape index (κ3) is 5.92. The lowest BCUT2D eigenvalue weighted by Crippen LogP contribution is -1.62. The van der Waals surface area contributed by atoms with Crippen LogP contribution in [-0.4, -0.2) is 0 Å².